The fourth-order valence-corrected chi connectivity index (χ4v) is 3.03. The third kappa shape index (κ3) is 3.88. The first-order valence-electron chi connectivity index (χ1n) is 6.85. The molecule has 0 radical (unpaired) electrons. The van der Waals surface area contributed by atoms with Crippen molar-refractivity contribution in [2.45, 2.75) is 31.3 Å². The summed E-state index contributed by atoms with van der Waals surface area (Å²) in [6, 6.07) is 18.9. The van der Waals surface area contributed by atoms with Gasteiger partial charge in [-0.15, -0.1) is 0 Å². The van der Waals surface area contributed by atoms with Crippen molar-refractivity contribution >= 4 is 11.8 Å². The smallest absolute Gasteiger partial charge is 0.0994 e. The predicted octanol–water partition coefficient (Wildman–Crippen LogP) is 5.12. The van der Waals surface area contributed by atoms with Crippen LogP contribution in [0.25, 0.3) is 0 Å². The van der Waals surface area contributed by atoms with Crippen molar-refractivity contribution in [3.8, 4) is 6.07 Å². The van der Waals surface area contributed by atoms with Gasteiger partial charge in [0.05, 0.1) is 11.6 Å². The first kappa shape index (κ1) is 14.7. The van der Waals surface area contributed by atoms with Crippen molar-refractivity contribution in [1.29, 1.82) is 5.26 Å². The molecule has 2 rings (SSSR count). The Bertz CT molecular complexity index is 594. The molecule has 0 fully saturated rings. The van der Waals surface area contributed by atoms with Crippen molar-refractivity contribution in [1.82, 2.24) is 0 Å². The van der Waals surface area contributed by atoms with Gasteiger partial charge in [0.1, 0.15) is 0 Å². The van der Waals surface area contributed by atoms with Crippen LogP contribution in [0.3, 0.4) is 0 Å². The van der Waals surface area contributed by atoms with Crippen LogP contribution in [0.5, 0.6) is 0 Å². The summed E-state index contributed by atoms with van der Waals surface area (Å²) in [6.07, 6.45) is 0. The van der Waals surface area contributed by atoms with Crippen LogP contribution in [-0.4, -0.2) is 0 Å². The van der Waals surface area contributed by atoms with Crippen LogP contribution in [0.15, 0.2) is 48.5 Å². The molecule has 0 N–H and O–H groups in total. The van der Waals surface area contributed by atoms with E-state index in [-0.39, 0.29) is 0 Å². The molecule has 0 aromatic heterocycles. The second kappa shape index (κ2) is 7.17. The van der Waals surface area contributed by atoms with E-state index in [9.17, 15) is 0 Å². The van der Waals surface area contributed by atoms with Gasteiger partial charge >= 0.3 is 0 Å². The number of hydrogen-bond acceptors (Lipinski definition) is 2. The molecule has 0 aliphatic heterocycles. The van der Waals surface area contributed by atoms with E-state index < -0.39 is 0 Å². The summed E-state index contributed by atoms with van der Waals surface area (Å²) in [5.74, 6) is 2.45. The first-order valence-corrected chi connectivity index (χ1v) is 8.00. The lowest BCUT2D eigenvalue weighted by Crippen LogP contribution is -1.90. The average Bonchev–Trinajstić information content (AvgIpc) is 2.48. The standard InChI is InChI=1S/C18H19NS/c1-14(2)16-9-7-15(8-10-16)12-20-13-18-6-4-3-5-17(18)11-19/h3-10,14H,12-13H2,1-2H3. The zero-order chi connectivity index (χ0) is 14.4. The highest BCUT2D eigenvalue weighted by atomic mass is 32.2. The zero-order valence-electron chi connectivity index (χ0n) is 12.0. The van der Waals surface area contributed by atoms with Crippen LogP contribution in [0.4, 0.5) is 0 Å². The maximum atomic E-state index is 9.06. The maximum absolute atomic E-state index is 9.06. The molecule has 1 nitrogen and oxygen atoms in total. The topological polar surface area (TPSA) is 23.8 Å². The molecule has 0 atom stereocenters. The monoisotopic (exact) mass is 281 g/mol. The fourth-order valence-electron chi connectivity index (χ4n) is 2.03. The van der Waals surface area contributed by atoms with Crippen LogP contribution in [0.2, 0.25) is 0 Å². The van der Waals surface area contributed by atoms with Gasteiger partial charge in [-0.2, -0.15) is 17.0 Å². The van der Waals surface area contributed by atoms with E-state index in [0.29, 0.717) is 5.92 Å². The SMILES string of the molecule is CC(C)c1ccc(CSCc2ccccc2C#N)cc1. The molecule has 2 heteroatoms. The van der Waals surface area contributed by atoms with Gasteiger partial charge in [0.15, 0.2) is 0 Å². The van der Waals surface area contributed by atoms with E-state index in [0.717, 1.165) is 22.6 Å². The summed E-state index contributed by atoms with van der Waals surface area (Å²) in [6.45, 7) is 4.42. The zero-order valence-corrected chi connectivity index (χ0v) is 12.8. The summed E-state index contributed by atoms with van der Waals surface area (Å²) >= 11 is 1.85. The second-order valence-electron chi connectivity index (χ2n) is 5.16. The van der Waals surface area contributed by atoms with E-state index in [4.69, 9.17) is 5.26 Å². The van der Waals surface area contributed by atoms with Crippen molar-refractivity contribution in [3.05, 3.63) is 70.8 Å². The summed E-state index contributed by atoms with van der Waals surface area (Å²) in [7, 11) is 0. The Labute approximate surface area is 125 Å². The molecule has 0 amide bonds. The van der Waals surface area contributed by atoms with Crippen LogP contribution in [0.1, 0.15) is 42.0 Å². The van der Waals surface area contributed by atoms with Crippen molar-refractivity contribution in [2.75, 3.05) is 0 Å². The van der Waals surface area contributed by atoms with E-state index in [1.54, 1.807) is 0 Å². The normalized spacial score (nSPS) is 10.5. The molecule has 0 bridgehead atoms. The molecule has 0 saturated carbocycles. The molecule has 102 valence electrons. The van der Waals surface area contributed by atoms with E-state index in [1.807, 2.05) is 36.0 Å². The van der Waals surface area contributed by atoms with Gasteiger partial charge in [0, 0.05) is 11.5 Å². The molecule has 0 saturated heterocycles. The first-order chi connectivity index (χ1) is 9.70. The van der Waals surface area contributed by atoms with Gasteiger partial charge in [-0.25, -0.2) is 0 Å². The van der Waals surface area contributed by atoms with Crippen LogP contribution in [0, 0.1) is 11.3 Å². The lowest BCUT2D eigenvalue weighted by molar-refractivity contribution is 0.866. The molecule has 2 aromatic rings. The van der Waals surface area contributed by atoms with E-state index >= 15 is 0 Å². The third-order valence-corrected chi connectivity index (χ3v) is 4.36. The number of hydrogen-bond donors (Lipinski definition) is 0. The average molecular weight is 281 g/mol. The largest absolute Gasteiger partial charge is 0.192 e. The van der Waals surface area contributed by atoms with Crippen molar-refractivity contribution in [2.24, 2.45) is 0 Å². The Morgan fingerprint density at radius 3 is 2.35 bits per heavy atom. The molecule has 0 spiro atoms. The molecule has 0 aliphatic rings. The Hall–Kier alpha value is -1.72. The maximum Gasteiger partial charge on any atom is 0.0994 e. The van der Waals surface area contributed by atoms with Crippen LogP contribution in [-0.2, 0) is 11.5 Å². The summed E-state index contributed by atoms with van der Waals surface area (Å²) in [4.78, 5) is 0. The Kier molecular flexibility index (Phi) is 5.26. The number of rotatable bonds is 5. The quantitative estimate of drug-likeness (QED) is 0.760. The minimum atomic E-state index is 0.583. The second-order valence-corrected chi connectivity index (χ2v) is 6.14. The molecule has 0 unspecified atom stereocenters. The van der Waals surface area contributed by atoms with Crippen molar-refractivity contribution < 1.29 is 0 Å². The van der Waals surface area contributed by atoms with Crippen LogP contribution >= 0.6 is 11.8 Å². The number of benzene rings is 2. The highest BCUT2D eigenvalue weighted by Gasteiger charge is 2.02. The lowest BCUT2D eigenvalue weighted by Gasteiger charge is -2.07. The van der Waals surface area contributed by atoms with Gasteiger partial charge in [-0.1, -0.05) is 56.3 Å². The highest BCUT2D eigenvalue weighted by Crippen LogP contribution is 2.21. The Morgan fingerprint density at radius 2 is 1.70 bits per heavy atom. The predicted molar refractivity (Wildman–Crippen MR) is 86.7 cm³/mol. The van der Waals surface area contributed by atoms with Gasteiger partial charge in [-0.05, 0) is 28.7 Å². The van der Waals surface area contributed by atoms with Gasteiger partial charge in [0.25, 0.3) is 0 Å². The summed E-state index contributed by atoms with van der Waals surface area (Å²) < 4.78 is 0. The minimum absolute atomic E-state index is 0.583. The Balaban J connectivity index is 1.91. The van der Waals surface area contributed by atoms with Gasteiger partial charge in [0.2, 0.25) is 0 Å². The number of nitriles is 1. The van der Waals surface area contributed by atoms with Gasteiger partial charge < -0.3 is 0 Å². The fraction of sp³-hybridized carbons (Fsp3) is 0.278. The number of thioether (sulfide) groups is 1. The molecular weight excluding hydrogens is 262 g/mol. The van der Waals surface area contributed by atoms with Crippen molar-refractivity contribution in [3.63, 3.8) is 0 Å². The van der Waals surface area contributed by atoms with Gasteiger partial charge in [-0.3, -0.25) is 0 Å². The van der Waals surface area contributed by atoms with E-state index in [2.05, 4.69) is 44.2 Å². The summed E-state index contributed by atoms with van der Waals surface area (Å²) in [5.41, 5.74) is 4.64. The lowest BCUT2D eigenvalue weighted by atomic mass is 10.0. The summed E-state index contributed by atoms with van der Waals surface area (Å²) in [5, 5.41) is 9.06. The molecule has 2 aromatic carbocycles. The highest BCUT2D eigenvalue weighted by molar-refractivity contribution is 7.97. The molecular formula is C18H19NS. The molecule has 0 heterocycles. The third-order valence-electron chi connectivity index (χ3n) is 3.31. The van der Waals surface area contributed by atoms with E-state index in [1.165, 1.54) is 11.1 Å². The number of nitrogens with zero attached hydrogens (tertiary/aromatic N) is 1. The molecule has 20 heavy (non-hydrogen) atoms. The minimum Gasteiger partial charge on any atom is -0.192 e. The Morgan fingerprint density at radius 1 is 1.00 bits per heavy atom. The van der Waals surface area contributed by atoms with Crippen LogP contribution < -0.4 is 0 Å². The molecule has 0 aliphatic carbocycles.